The van der Waals surface area contributed by atoms with Crippen LogP contribution in [0.3, 0.4) is 0 Å². The van der Waals surface area contributed by atoms with Gasteiger partial charge >= 0.3 is 5.97 Å². The number of amides is 1. The van der Waals surface area contributed by atoms with Gasteiger partial charge in [-0.2, -0.15) is 0 Å². The third kappa shape index (κ3) is 4.74. The quantitative estimate of drug-likeness (QED) is 0.622. The van der Waals surface area contributed by atoms with Crippen LogP contribution < -0.4 is 10.1 Å². The van der Waals surface area contributed by atoms with E-state index in [9.17, 15) is 14.7 Å². The number of carboxylic acids is 1. The zero-order valence-corrected chi connectivity index (χ0v) is 15.6. The predicted molar refractivity (Wildman–Crippen MR) is 107 cm³/mol. The van der Waals surface area contributed by atoms with Gasteiger partial charge in [0.15, 0.2) is 6.61 Å². The number of carboxylic acid groups (broad SMARTS) is 1. The molecular formula is C21H19NO4S. The number of rotatable bonds is 7. The fourth-order valence-electron chi connectivity index (χ4n) is 2.52. The van der Waals surface area contributed by atoms with Crippen molar-refractivity contribution in [2.24, 2.45) is 0 Å². The molecule has 0 radical (unpaired) electrons. The molecule has 1 aromatic heterocycles. The first-order valence-electron chi connectivity index (χ1n) is 8.51. The average Bonchev–Trinajstić information content (AvgIpc) is 3.11. The molecule has 0 spiro atoms. The number of benzene rings is 2. The van der Waals surface area contributed by atoms with Gasteiger partial charge in [-0.1, -0.05) is 49.4 Å². The molecule has 0 aliphatic carbocycles. The Hall–Kier alpha value is -3.12. The van der Waals surface area contributed by atoms with Gasteiger partial charge in [0.2, 0.25) is 0 Å². The van der Waals surface area contributed by atoms with Crippen LogP contribution in [-0.2, 0) is 11.2 Å². The molecule has 1 heterocycles. The van der Waals surface area contributed by atoms with Gasteiger partial charge in [-0.05, 0) is 35.7 Å². The smallest absolute Gasteiger partial charge is 0.338 e. The number of carbonyl (C=O) groups excluding carboxylic acids is 1. The molecule has 2 N–H and O–H groups in total. The Morgan fingerprint density at radius 2 is 1.78 bits per heavy atom. The molecule has 0 saturated heterocycles. The van der Waals surface area contributed by atoms with Crippen molar-refractivity contribution in [3.8, 4) is 16.2 Å². The first-order chi connectivity index (χ1) is 13.1. The van der Waals surface area contributed by atoms with Gasteiger partial charge in [-0.3, -0.25) is 4.79 Å². The topological polar surface area (TPSA) is 75.6 Å². The van der Waals surface area contributed by atoms with Gasteiger partial charge in [0.1, 0.15) is 10.8 Å². The van der Waals surface area contributed by atoms with Gasteiger partial charge in [0.25, 0.3) is 5.91 Å². The molecule has 0 atom stereocenters. The summed E-state index contributed by atoms with van der Waals surface area (Å²) in [5.41, 5.74) is 2.15. The second-order valence-electron chi connectivity index (χ2n) is 5.86. The summed E-state index contributed by atoms with van der Waals surface area (Å²) in [6, 6.07) is 18.5. The third-order valence-corrected chi connectivity index (χ3v) is 5.07. The van der Waals surface area contributed by atoms with Crippen molar-refractivity contribution in [1.29, 1.82) is 0 Å². The maximum atomic E-state index is 12.2. The molecule has 0 aliphatic rings. The number of ether oxygens (including phenoxy) is 1. The number of anilines is 1. The Labute approximate surface area is 161 Å². The fourth-order valence-corrected chi connectivity index (χ4v) is 3.59. The molecule has 1 amide bonds. The number of aromatic carboxylic acids is 1. The molecule has 0 unspecified atom stereocenters. The number of hydrogen-bond acceptors (Lipinski definition) is 4. The molecule has 27 heavy (non-hydrogen) atoms. The molecule has 0 aliphatic heterocycles. The van der Waals surface area contributed by atoms with Gasteiger partial charge in [0, 0.05) is 4.88 Å². The SMILES string of the molecule is CCc1ccc(OCC(=O)Nc2sc(-c3ccccc3)cc2C(=O)O)cc1. The van der Waals surface area contributed by atoms with Crippen molar-refractivity contribution in [3.63, 3.8) is 0 Å². The standard InChI is InChI=1S/C21H19NO4S/c1-2-14-8-10-16(11-9-14)26-13-19(23)22-20-17(21(24)25)12-18(27-20)15-6-4-3-5-7-15/h3-12H,2,13H2,1H3,(H,22,23)(H,24,25). The van der Waals surface area contributed by atoms with Crippen LogP contribution in [0.1, 0.15) is 22.8 Å². The van der Waals surface area contributed by atoms with E-state index < -0.39 is 11.9 Å². The lowest BCUT2D eigenvalue weighted by atomic mass is 10.1. The summed E-state index contributed by atoms with van der Waals surface area (Å²) >= 11 is 1.23. The Balaban J connectivity index is 1.69. The summed E-state index contributed by atoms with van der Waals surface area (Å²) in [7, 11) is 0. The highest BCUT2D eigenvalue weighted by Gasteiger charge is 2.18. The van der Waals surface area contributed by atoms with Crippen LogP contribution in [0.4, 0.5) is 5.00 Å². The third-order valence-electron chi connectivity index (χ3n) is 3.98. The summed E-state index contributed by atoms with van der Waals surface area (Å²) in [5.74, 6) is -0.893. The number of nitrogens with one attached hydrogen (secondary N) is 1. The molecule has 3 aromatic rings. The lowest BCUT2D eigenvalue weighted by molar-refractivity contribution is -0.118. The lowest BCUT2D eigenvalue weighted by Crippen LogP contribution is -2.20. The zero-order chi connectivity index (χ0) is 19.2. The van der Waals surface area contributed by atoms with Crippen LogP contribution in [0.25, 0.3) is 10.4 Å². The van der Waals surface area contributed by atoms with Crippen molar-refractivity contribution >= 4 is 28.2 Å². The van der Waals surface area contributed by atoms with E-state index in [0.29, 0.717) is 10.8 Å². The highest BCUT2D eigenvalue weighted by atomic mass is 32.1. The van der Waals surface area contributed by atoms with E-state index in [-0.39, 0.29) is 12.2 Å². The highest BCUT2D eigenvalue weighted by molar-refractivity contribution is 7.20. The molecule has 0 fully saturated rings. The molecule has 3 rings (SSSR count). The summed E-state index contributed by atoms with van der Waals surface area (Å²) in [6.07, 6.45) is 0.931. The normalized spacial score (nSPS) is 10.4. The van der Waals surface area contributed by atoms with Crippen molar-refractivity contribution < 1.29 is 19.4 Å². The number of aryl methyl sites for hydroxylation is 1. The molecule has 0 bridgehead atoms. The molecular weight excluding hydrogens is 362 g/mol. The summed E-state index contributed by atoms with van der Waals surface area (Å²) < 4.78 is 5.48. The molecule has 2 aromatic carbocycles. The van der Waals surface area contributed by atoms with E-state index in [1.807, 2.05) is 54.6 Å². The monoisotopic (exact) mass is 381 g/mol. The van der Waals surface area contributed by atoms with Crippen molar-refractivity contribution in [2.45, 2.75) is 13.3 Å². The minimum absolute atomic E-state index is 0.0690. The first-order valence-corrected chi connectivity index (χ1v) is 9.32. The molecule has 0 saturated carbocycles. The predicted octanol–water partition coefficient (Wildman–Crippen LogP) is 4.69. The average molecular weight is 381 g/mol. The molecule has 138 valence electrons. The number of hydrogen-bond donors (Lipinski definition) is 2. The summed E-state index contributed by atoms with van der Waals surface area (Å²) in [6.45, 7) is 1.87. The fraction of sp³-hybridized carbons (Fsp3) is 0.143. The first kappa shape index (κ1) is 18.7. The minimum Gasteiger partial charge on any atom is -0.484 e. The molecule has 5 nitrogen and oxygen atoms in total. The summed E-state index contributed by atoms with van der Waals surface area (Å²) in [4.78, 5) is 24.5. The minimum atomic E-state index is -1.08. The Bertz CT molecular complexity index is 933. The zero-order valence-electron chi connectivity index (χ0n) is 14.8. The lowest BCUT2D eigenvalue weighted by Gasteiger charge is -2.07. The largest absolute Gasteiger partial charge is 0.484 e. The van der Waals surface area contributed by atoms with E-state index in [4.69, 9.17) is 4.74 Å². The highest BCUT2D eigenvalue weighted by Crippen LogP contribution is 2.35. The van der Waals surface area contributed by atoms with Gasteiger partial charge < -0.3 is 15.2 Å². The van der Waals surface area contributed by atoms with Crippen LogP contribution in [0.5, 0.6) is 5.75 Å². The van der Waals surface area contributed by atoms with Crippen molar-refractivity contribution in [3.05, 3.63) is 71.8 Å². The van der Waals surface area contributed by atoms with Crippen LogP contribution in [-0.4, -0.2) is 23.6 Å². The van der Waals surface area contributed by atoms with E-state index in [1.54, 1.807) is 6.07 Å². The second-order valence-corrected chi connectivity index (χ2v) is 6.91. The van der Waals surface area contributed by atoms with Crippen molar-refractivity contribution in [1.82, 2.24) is 0 Å². The maximum Gasteiger partial charge on any atom is 0.338 e. The van der Waals surface area contributed by atoms with Crippen LogP contribution >= 0.6 is 11.3 Å². The molecule has 6 heteroatoms. The Kier molecular flexibility index (Phi) is 5.88. The van der Waals surface area contributed by atoms with Crippen LogP contribution in [0, 0.1) is 0 Å². The summed E-state index contributed by atoms with van der Waals surface area (Å²) in [5, 5.41) is 12.4. The van der Waals surface area contributed by atoms with Crippen molar-refractivity contribution in [2.75, 3.05) is 11.9 Å². The Morgan fingerprint density at radius 1 is 1.07 bits per heavy atom. The maximum absolute atomic E-state index is 12.2. The number of thiophene rings is 1. The Morgan fingerprint density at radius 3 is 2.41 bits per heavy atom. The van der Waals surface area contributed by atoms with E-state index >= 15 is 0 Å². The van der Waals surface area contributed by atoms with Gasteiger partial charge in [-0.25, -0.2) is 4.79 Å². The van der Waals surface area contributed by atoms with Crippen LogP contribution in [0.15, 0.2) is 60.7 Å². The van der Waals surface area contributed by atoms with Gasteiger partial charge in [0.05, 0.1) is 5.56 Å². The van der Waals surface area contributed by atoms with Crippen LogP contribution in [0.2, 0.25) is 0 Å². The van der Waals surface area contributed by atoms with E-state index in [0.717, 1.165) is 16.9 Å². The number of carbonyl (C=O) groups is 2. The van der Waals surface area contributed by atoms with E-state index in [2.05, 4.69) is 12.2 Å². The van der Waals surface area contributed by atoms with Gasteiger partial charge in [-0.15, -0.1) is 11.3 Å². The second kappa shape index (κ2) is 8.51. The van der Waals surface area contributed by atoms with E-state index in [1.165, 1.54) is 16.9 Å².